The molecular weight excluding hydrogens is 442 g/mol. The van der Waals surface area contributed by atoms with Crippen molar-refractivity contribution >= 4 is 17.5 Å². The fourth-order valence-corrected chi connectivity index (χ4v) is 5.01. The Hall–Kier alpha value is -3.65. The van der Waals surface area contributed by atoms with Crippen LogP contribution in [0.3, 0.4) is 0 Å². The molecule has 0 saturated carbocycles. The van der Waals surface area contributed by atoms with Gasteiger partial charge in [-0.15, -0.1) is 0 Å². The molecule has 8 nitrogen and oxygen atoms in total. The zero-order valence-corrected chi connectivity index (χ0v) is 20.5. The molecule has 0 atom stereocenters. The molecule has 2 aromatic carbocycles. The Morgan fingerprint density at radius 2 is 1.66 bits per heavy atom. The van der Waals surface area contributed by atoms with Gasteiger partial charge in [0.15, 0.2) is 0 Å². The summed E-state index contributed by atoms with van der Waals surface area (Å²) in [5.41, 5.74) is 5.10. The average molecular weight is 474 g/mol. The summed E-state index contributed by atoms with van der Waals surface area (Å²) in [6, 6.07) is 15.8. The van der Waals surface area contributed by atoms with E-state index in [1.165, 1.54) is 10.5 Å². The number of amides is 2. The first-order valence-electron chi connectivity index (χ1n) is 12.0. The van der Waals surface area contributed by atoms with Gasteiger partial charge in [-0.05, 0) is 49.7 Å². The van der Waals surface area contributed by atoms with E-state index in [1.807, 2.05) is 48.9 Å². The number of piperazine rings is 1. The smallest absolute Gasteiger partial charge is 0.263 e. The number of aryl methyl sites for hydroxylation is 2. The summed E-state index contributed by atoms with van der Waals surface area (Å²) in [5.74, 6) is 0.439. The van der Waals surface area contributed by atoms with E-state index in [4.69, 9.17) is 4.74 Å². The van der Waals surface area contributed by atoms with Crippen molar-refractivity contribution in [3.8, 4) is 5.75 Å². The van der Waals surface area contributed by atoms with Crippen molar-refractivity contribution in [2.24, 2.45) is 0 Å². The Kier molecular flexibility index (Phi) is 6.30. The highest BCUT2D eigenvalue weighted by Crippen LogP contribution is 2.32. The van der Waals surface area contributed by atoms with Crippen molar-refractivity contribution in [2.45, 2.75) is 26.9 Å². The summed E-state index contributed by atoms with van der Waals surface area (Å²) < 4.78 is 7.10. The van der Waals surface area contributed by atoms with E-state index in [2.05, 4.69) is 27.0 Å². The summed E-state index contributed by atoms with van der Waals surface area (Å²) in [6.07, 6.45) is 0. The van der Waals surface area contributed by atoms with Crippen molar-refractivity contribution in [3.63, 3.8) is 0 Å². The van der Waals surface area contributed by atoms with Gasteiger partial charge in [0.25, 0.3) is 11.8 Å². The van der Waals surface area contributed by atoms with Crippen LogP contribution in [-0.4, -0.2) is 71.2 Å². The number of rotatable bonds is 7. The molecule has 1 aromatic heterocycles. The fourth-order valence-electron chi connectivity index (χ4n) is 5.01. The predicted octanol–water partition coefficient (Wildman–Crippen LogP) is 3.13. The molecule has 0 aliphatic carbocycles. The van der Waals surface area contributed by atoms with Crippen LogP contribution in [0.2, 0.25) is 0 Å². The van der Waals surface area contributed by atoms with Gasteiger partial charge in [0.05, 0.1) is 36.2 Å². The number of fused-ring (bicyclic) bond motifs is 1. The highest BCUT2D eigenvalue weighted by atomic mass is 16.5. The van der Waals surface area contributed by atoms with E-state index in [1.54, 1.807) is 13.2 Å². The van der Waals surface area contributed by atoms with Gasteiger partial charge in [-0.3, -0.25) is 24.1 Å². The molecule has 2 aliphatic rings. The van der Waals surface area contributed by atoms with Crippen LogP contribution in [0.5, 0.6) is 5.75 Å². The van der Waals surface area contributed by atoms with Gasteiger partial charge >= 0.3 is 0 Å². The van der Waals surface area contributed by atoms with Crippen LogP contribution in [0.15, 0.2) is 48.5 Å². The number of hydrogen-bond acceptors (Lipinski definition) is 6. The SMILES string of the molecule is COc1ccc(CN2CCN(c3cccc4c3C(=O)N(CCn3nc(C)cc3C)C4=O)CC2)cc1. The maximum absolute atomic E-state index is 13.4. The van der Waals surface area contributed by atoms with Crippen molar-refractivity contribution in [1.82, 2.24) is 19.6 Å². The van der Waals surface area contributed by atoms with Crippen LogP contribution >= 0.6 is 0 Å². The van der Waals surface area contributed by atoms with Gasteiger partial charge < -0.3 is 9.64 Å². The van der Waals surface area contributed by atoms with Gasteiger partial charge in [-0.25, -0.2) is 0 Å². The second-order valence-corrected chi connectivity index (χ2v) is 9.22. The van der Waals surface area contributed by atoms with Gasteiger partial charge in [0.1, 0.15) is 5.75 Å². The highest BCUT2D eigenvalue weighted by molar-refractivity contribution is 6.23. The fraction of sp³-hybridized carbons (Fsp3) is 0.370. The summed E-state index contributed by atoms with van der Waals surface area (Å²) >= 11 is 0. The topological polar surface area (TPSA) is 70.9 Å². The summed E-state index contributed by atoms with van der Waals surface area (Å²) in [6.45, 7) is 8.98. The van der Waals surface area contributed by atoms with E-state index < -0.39 is 0 Å². The number of nitrogens with zero attached hydrogens (tertiary/aromatic N) is 5. The lowest BCUT2D eigenvalue weighted by Gasteiger charge is -2.36. The standard InChI is InChI=1S/C27H31N5O3/c1-19-17-20(2)32(28-19)16-15-31-26(33)23-5-4-6-24(25(23)27(31)34)30-13-11-29(12-14-30)18-21-7-9-22(35-3)10-8-21/h4-10,17H,11-16,18H2,1-3H3. The maximum atomic E-state index is 13.4. The third-order valence-electron chi connectivity index (χ3n) is 6.89. The highest BCUT2D eigenvalue weighted by Gasteiger charge is 2.38. The first-order valence-corrected chi connectivity index (χ1v) is 12.0. The minimum Gasteiger partial charge on any atom is -0.497 e. The van der Waals surface area contributed by atoms with Crippen LogP contribution in [0, 0.1) is 13.8 Å². The van der Waals surface area contributed by atoms with E-state index in [0.29, 0.717) is 24.2 Å². The molecule has 182 valence electrons. The minimum atomic E-state index is -0.216. The van der Waals surface area contributed by atoms with E-state index in [9.17, 15) is 9.59 Å². The van der Waals surface area contributed by atoms with Gasteiger partial charge in [-0.2, -0.15) is 5.10 Å². The van der Waals surface area contributed by atoms with Gasteiger partial charge in [-0.1, -0.05) is 18.2 Å². The normalized spacial score (nSPS) is 16.2. The predicted molar refractivity (Wildman–Crippen MR) is 134 cm³/mol. The van der Waals surface area contributed by atoms with Crippen LogP contribution in [0.1, 0.15) is 37.7 Å². The zero-order valence-electron chi connectivity index (χ0n) is 20.5. The second kappa shape index (κ2) is 9.54. The first-order chi connectivity index (χ1) is 16.9. The Balaban J connectivity index is 1.25. The molecule has 1 fully saturated rings. The average Bonchev–Trinajstić information content (AvgIpc) is 3.32. The van der Waals surface area contributed by atoms with Crippen molar-refractivity contribution in [1.29, 1.82) is 0 Å². The lowest BCUT2D eigenvalue weighted by atomic mass is 10.1. The van der Waals surface area contributed by atoms with Gasteiger partial charge in [0, 0.05) is 45.0 Å². The molecule has 5 rings (SSSR count). The molecule has 3 heterocycles. The molecule has 2 aliphatic heterocycles. The van der Waals surface area contributed by atoms with Crippen LogP contribution in [0.25, 0.3) is 0 Å². The Morgan fingerprint density at radius 3 is 2.31 bits per heavy atom. The first kappa shape index (κ1) is 23.1. The molecule has 0 bridgehead atoms. The molecule has 3 aromatic rings. The molecule has 2 amide bonds. The number of carbonyl (C=O) groups excluding carboxylic acids is 2. The molecule has 0 spiro atoms. The maximum Gasteiger partial charge on any atom is 0.263 e. The number of methoxy groups -OCH3 is 1. The lowest BCUT2D eigenvalue weighted by Crippen LogP contribution is -2.46. The van der Waals surface area contributed by atoms with Crippen molar-refractivity contribution in [3.05, 3.63) is 76.6 Å². The molecule has 0 radical (unpaired) electrons. The number of carbonyl (C=O) groups is 2. The Bertz CT molecular complexity index is 1240. The third kappa shape index (κ3) is 4.53. The quantitative estimate of drug-likeness (QED) is 0.491. The third-order valence-corrected chi connectivity index (χ3v) is 6.89. The number of ether oxygens (including phenoxy) is 1. The number of aromatic nitrogens is 2. The summed E-state index contributed by atoms with van der Waals surface area (Å²) in [5, 5.41) is 4.46. The van der Waals surface area contributed by atoms with Crippen molar-refractivity contribution < 1.29 is 14.3 Å². The number of anilines is 1. The second-order valence-electron chi connectivity index (χ2n) is 9.22. The van der Waals surface area contributed by atoms with Gasteiger partial charge in [0.2, 0.25) is 0 Å². The largest absolute Gasteiger partial charge is 0.497 e. The number of imide groups is 1. The molecule has 35 heavy (non-hydrogen) atoms. The Morgan fingerprint density at radius 1 is 0.914 bits per heavy atom. The zero-order chi connectivity index (χ0) is 24.5. The molecule has 0 N–H and O–H groups in total. The van der Waals surface area contributed by atoms with Crippen LogP contribution in [-0.2, 0) is 13.1 Å². The summed E-state index contributed by atoms with van der Waals surface area (Å²) in [4.78, 5) is 32.5. The van der Waals surface area contributed by atoms with E-state index in [-0.39, 0.29) is 11.8 Å². The summed E-state index contributed by atoms with van der Waals surface area (Å²) in [7, 11) is 1.67. The lowest BCUT2D eigenvalue weighted by molar-refractivity contribution is 0.0647. The van der Waals surface area contributed by atoms with E-state index >= 15 is 0 Å². The molecule has 8 heteroatoms. The van der Waals surface area contributed by atoms with Crippen LogP contribution in [0.4, 0.5) is 5.69 Å². The van der Waals surface area contributed by atoms with Crippen LogP contribution < -0.4 is 9.64 Å². The minimum absolute atomic E-state index is 0.206. The molecule has 1 saturated heterocycles. The Labute approximate surface area is 205 Å². The molecular formula is C27H31N5O3. The number of hydrogen-bond donors (Lipinski definition) is 0. The van der Waals surface area contributed by atoms with E-state index in [0.717, 1.165) is 55.5 Å². The monoisotopic (exact) mass is 473 g/mol. The molecule has 0 unspecified atom stereocenters. The van der Waals surface area contributed by atoms with Crippen molar-refractivity contribution in [2.75, 3.05) is 44.7 Å². The number of benzene rings is 2.